The quantitative estimate of drug-likeness (QED) is 0.794. The lowest BCUT2D eigenvalue weighted by Gasteiger charge is -2.35. The van der Waals surface area contributed by atoms with Gasteiger partial charge in [0.25, 0.3) is 11.8 Å². The van der Waals surface area contributed by atoms with E-state index in [9.17, 15) is 9.59 Å². The Morgan fingerprint density at radius 2 is 1.50 bits per heavy atom. The first kappa shape index (κ1) is 16.6. The minimum atomic E-state index is -0.292. The van der Waals surface area contributed by atoms with E-state index in [1.165, 1.54) is 4.90 Å². The molecular weight excluding hydrogens is 330 g/mol. The highest BCUT2D eigenvalue weighted by atomic mass is 16.5. The van der Waals surface area contributed by atoms with Gasteiger partial charge in [-0.15, -0.1) is 0 Å². The summed E-state index contributed by atoms with van der Waals surface area (Å²) in [7, 11) is 3.72. The molecule has 2 aromatic rings. The molecule has 1 fully saturated rings. The Balaban J connectivity index is 1.67. The molecule has 6 heteroatoms. The van der Waals surface area contributed by atoms with E-state index in [2.05, 4.69) is 16.8 Å². The number of fused-ring (bicyclic) bond motifs is 1. The molecule has 1 saturated heterocycles. The highest BCUT2D eigenvalue weighted by molar-refractivity contribution is 6.34. The normalized spacial score (nSPS) is 17.6. The fraction of sp³-hybridized carbons (Fsp3) is 0.300. The van der Waals surface area contributed by atoms with E-state index < -0.39 is 0 Å². The van der Waals surface area contributed by atoms with Crippen LogP contribution in [0.5, 0.6) is 5.75 Å². The molecule has 2 heterocycles. The third-order valence-corrected chi connectivity index (χ3v) is 5.06. The molecule has 0 spiro atoms. The van der Waals surface area contributed by atoms with E-state index in [4.69, 9.17) is 4.74 Å². The first-order valence-corrected chi connectivity index (χ1v) is 8.69. The number of amides is 2. The average molecular weight is 351 g/mol. The second kappa shape index (κ2) is 6.46. The number of benzene rings is 2. The molecule has 0 aliphatic carbocycles. The van der Waals surface area contributed by atoms with Gasteiger partial charge in [-0.2, -0.15) is 0 Å². The summed E-state index contributed by atoms with van der Waals surface area (Å²) in [4.78, 5) is 31.1. The van der Waals surface area contributed by atoms with Gasteiger partial charge in [-0.25, -0.2) is 4.90 Å². The molecule has 0 radical (unpaired) electrons. The van der Waals surface area contributed by atoms with Crippen molar-refractivity contribution in [2.75, 3.05) is 50.1 Å². The lowest BCUT2D eigenvalue weighted by atomic mass is 10.1. The molecule has 0 bridgehead atoms. The van der Waals surface area contributed by atoms with Gasteiger partial charge in [-0.3, -0.25) is 9.59 Å². The van der Waals surface area contributed by atoms with Crippen LogP contribution in [0.15, 0.2) is 42.5 Å². The Hall–Kier alpha value is -2.86. The number of likely N-dealkylation sites (N-methyl/N-ethyl adjacent to an activating group) is 1. The number of methoxy groups -OCH3 is 1. The van der Waals surface area contributed by atoms with E-state index in [0.29, 0.717) is 22.6 Å². The van der Waals surface area contributed by atoms with Crippen molar-refractivity contribution in [2.24, 2.45) is 0 Å². The zero-order valence-electron chi connectivity index (χ0n) is 14.9. The lowest BCUT2D eigenvalue weighted by molar-refractivity contribution is 0.0926. The van der Waals surface area contributed by atoms with Crippen LogP contribution < -0.4 is 14.5 Å². The minimum Gasteiger partial charge on any atom is -0.495 e. The predicted octanol–water partition coefficient (Wildman–Crippen LogP) is 2.25. The summed E-state index contributed by atoms with van der Waals surface area (Å²) in [5.41, 5.74) is 2.41. The molecule has 2 aromatic carbocycles. The van der Waals surface area contributed by atoms with Gasteiger partial charge in [0, 0.05) is 32.2 Å². The van der Waals surface area contributed by atoms with Crippen LogP contribution in [0.25, 0.3) is 0 Å². The SMILES string of the molecule is COc1cc(N2C(=O)c3ccccc3C2=O)ccc1N1CCN(C)CC1. The fourth-order valence-electron chi connectivity index (χ4n) is 3.54. The van der Waals surface area contributed by atoms with E-state index in [1.807, 2.05) is 12.1 Å². The standard InChI is InChI=1S/C20H21N3O3/c1-21-9-11-22(12-10-21)17-8-7-14(13-18(17)26-2)23-19(24)15-5-3-4-6-16(15)20(23)25/h3-8,13H,9-12H2,1-2H3. The summed E-state index contributed by atoms with van der Waals surface area (Å²) in [6.07, 6.45) is 0. The van der Waals surface area contributed by atoms with Gasteiger partial charge in [0.05, 0.1) is 29.6 Å². The first-order chi connectivity index (χ1) is 12.6. The van der Waals surface area contributed by atoms with Crippen LogP contribution in [-0.4, -0.2) is 57.1 Å². The summed E-state index contributed by atoms with van der Waals surface area (Å²) >= 11 is 0. The van der Waals surface area contributed by atoms with Crippen molar-refractivity contribution in [3.63, 3.8) is 0 Å². The molecule has 0 unspecified atom stereocenters. The lowest BCUT2D eigenvalue weighted by Crippen LogP contribution is -2.44. The Bertz CT molecular complexity index is 837. The van der Waals surface area contributed by atoms with E-state index in [0.717, 1.165) is 31.9 Å². The summed E-state index contributed by atoms with van der Waals surface area (Å²) in [6.45, 7) is 3.81. The number of piperazine rings is 1. The smallest absolute Gasteiger partial charge is 0.266 e. The molecule has 4 rings (SSSR count). The molecule has 0 atom stereocenters. The maximum atomic E-state index is 12.7. The summed E-state index contributed by atoms with van der Waals surface area (Å²) in [6, 6.07) is 12.4. The number of hydrogen-bond acceptors (Lipinski definition) is 5. The van der Waals surface area contributed by atoms with Crippen LogP contribution in [0, 0.1) is 0 Å². The largest absolute Gasteiger partial charge is 0.495 e. The zero-order valence-corrected chi connectivity index (χ0v) is 14.9. The van der Waals surface area contributed by atoms with Crippen LogP contribution in [0.1, 0.15) is 20.7 Å². The van der Waals surface area contributed by atoms with Crippen LogP contribution in [-0.2, 0) is 0 Å². The van der Waals surface area contributed by atoms with Crippen LogP contribution in [0.4, 0.5) is 11.4 Å². The molecule has 26 heavy (non-hydrogen) atoms. The molecule has 0 N–H and O–H groups in total. The van der Waals surface area contributed by atoms with Crippen molar-refractivity contribution in [1.29, 1.82) is 0 Å². The predicted molar refractivity (Wildman–Crippen MR) is 100 cm³/mol. The third-order valence-electron chi connectivity index (χ3n) is 5.06. The topological polar surface area (TPSA) is 53.1 Å². The van der Waals surface area contributed by atoms with Crippen molar-refractivity contribution in [3.8, 4) is 5.75 Å². The number of hydrogen-bond donors (Lipinski definition) is 0. The van der Waals surface area contributed by atoms with Crippen molar-refractivity contribution in [2.45, 2.75) is 0 Å². The molecule has 0 saturated carbocycles. The minimum absolute atomic E-state index is 0.292. The average Bonchev–Trinajstić information content (AvgIpc) is 2.93. The van der Waals surface area contributed by atoms with Crippen molar-refractivity contribution < 1.29 is 14.3 Å². The number of anilines is 2. The monoisotopic (exact) mass is 351 g/mol. The molecule has 2 aliphatic heterocycles. The molecule has 2 aliphatic rings. The zero-order chi connectivity index (χ0) is 18.3. The maximum Gasteiger partial charge on any atom is 0.266 e. The second-order valence-electron chi connectivity index (χ2n) is 6.64. The molecular formula is C20H21N3O3. The summed E-state index contributed by atoms with van der Waals surface area (Å²) in [5, 5.41) is 0. The third kappa shape index (κ3) is 2.63. The van der Waals surface area contributed by atoms with Crippen LogP contribution >= 0.6 is 0 Å². The summed E-state index contributed by atoms with van der Waals surface area (Å²) < 4.78 is 5.57. The first-order valence-electron chi connectivity index (χ1n) is 8.69. The van der Waals surface area contributed by atoms with E-state index in [1.54, 1.807) is 37.4 Å². The molecule has 2 amide bonds. The van der Waals surface area contributed by atoms with Gasteiger partial charge in [0.1, 0.15) is 5.75 Å². The highest BCUT2D eigenvalue weighted by Crippen LogP contribution is 2.36. The molecule has 134 valence electrons. The fourth-order valence-corrected chi connectivity index (χ4v) is 3.54. The van der Waals surface area contributed by atoms with Gasteiger partial charge >= 0.3 is 0 Å². The molecule has 0 aromatic heterocycles. The van der Waals surface area contributed by atoms with Crippen molar-refractivity contribution >= 4 is 23.2 Å². The number of ether oxygens (including phenoxy) is 1. The Morgan fingerprint density at radius 3 is 2.08 bits per heavy atom. The van der Waals surface area contributed by atoms with Crippen LogP contribution in [0.3, 0.4) is 0 Å². The van der Waals surface area contributed by atoms with Crippen molar-refractivity contribution in [3.05, 3.63) is 53.6 Å². The van der Waals surface area contributed by atoms with Gasteiger partial charge in [-0.1, -0.05) is 12.1 Å². The number of carbonyl (C=O) groups excluding carboxylic acids is 2. The maximum absolute atomic E-state index is 12.7. The summed E-state index contributed by atoms with van der Waals surface area (Å²) in [5.74, 6) is 0.0867. The second-order valence-corrected chi connectivity index (χ2v) is 6.64. The van der Waals surface area contributed by atoms with Gasteiger partial charge < -0.3 is 14.5 Å². The highest BCUT2D eigenvalue weighted by Gasteiger charge is 2.36. The van der Waals surface area contributed by atoms with E-state index in [-0.39, 0.29) is 11.8 Å². The number of nitrogens with zero attached hydrogens (tertiary/aromatic N) is 3. The van der Waals surface area contributed by atoms with Gasteiger partial charge in [0.2, 0.25) is 0 Å². The number of carbonyl (C=O) groups is 2. The van der Waals surface area contributed by atoms with Gasteiger partial charge in [-0.05, 0) is 31.3 Å². The number of rotatable bonds is 3. The van der Waals surface area contributed by atoms with Crippen molar-refractivity contribution in [1.82, 2.24) is 4.90 Å². The number of imide groups is 1. The van der Waals surface area contributed by atoms with E-state index >= 15 is 0 Å². The van der Waals surface area contributed by atoms with Crippen LogP contribution in [0.2, 0.25) is 0 Å². The Kier molecular flexibility index (Phi) is 4.12. The Labute approximate surface area is 152 Å². The molecule has 6 nitrogen and oxygen atoms in total. The van der Waals surface area contributed by atoms with Gasteiger partial charge in [0.15, 0.2) is 0 Å². The Morgan fingerprint density at radius 1 is 0.885 bits per heavy atom.